The van der Waals surface area contributed by atoms with Crippen LogP contribution in [0.25, 0.3) is 0 Å². The second-order valence-corrected chi connectivity index (χ2v) is 5.50. The van der Waals surface area contributed by atoms with E-state index in [2.05, 4.69) is 0 Å². The van der Waals surface area contributed by atoms with Gasteiger partial charge in [0.2, 0.25) is 0 Å². The molecular formula is C11H14O4. The molecule has 2 unspecified atom stereocenters. The summed E-state index contributed by atoms with van der Waals surface area (Å²) in [5.41, 5.74) is -1.03. The zero-order chi connectivity index (χ0) is 10.7. The molecule has 15 heavy (non-hydrogen) atoms. The summed E-state index contributed by atoms with van der Waals surface area (Å²) in [5.74, 6) is 0.234. The molecule has 0 aromatic rings. The normalized spacial score (nSPS) is 50.7. The van der Waals surface area contributed by atoms with E-state index in [1.165, 1.54) is 0 Å². The predicted octanol–water partition coefficient (Wildman–Crippen LogP) is 1.19. The molecule has 0 spiro atoms. The van der Waals surface area contributed by atoms with E-state index >= 15 is 0 Å². The largest absolute Gasteiger partial charge is 0.481 e. The van der Waals surface area contributed by atoms with Crippen molar-refractivity contribution in [3.05, 3.63) is 0 Å². The third kappa shape index (κ3) is 1.02. The van der Waals surface area contributed by atoms with Crippen molar-refractivity contribution in [2.75, 3.05) is 0 Å². The van der Waals surface area contributed by atoms with Crippen LogP contribution in [0.1, 0.15) is 32.1 Å². The minimum atomic E-state index is -0.701. The topological polar surface area (TPSA) is 63.6 Å². The van der Waals surface area contributed by atoms with E-state index in [9.17, 15) is 14.7 Å². The third-order valence-corrected chi connectivity index (χ3v) is 4.65. The molecule has 4 aliphatic rings. The van der Waals surface area contributed by atoms with Crippen LogP contribution < -0.4 is 0 Å². The van der Waals surface area contributed by atoms with Gasteiger partial charge in [0, 0.05) is 6.42 Å². The van der Waals surface area contributed by atoms with Gasteiger partial charge in [-0.1, -0.05) is 0 Å². The molecule has 0 radical (unpaired) electrons. The first kappa shape index (κ1) is 9.19. The summed E-state index contributed by atoms with van der Waals surface area (Å²) in [7, 11) is 0. The Labute approximate surface area is 87.6 Å². The van der Waals surface area contributed by atoms with Crippen LogP contribution in [0.4, 0.5) is 0 Å². The number of aliphatic carboxylic acids is 1. The Morgan fingerprint density at radius 2 is 1.87 bits per heavy atom. The van der Waals surface area contributed by atoms with Crippen LogP contribution in [0.3, 0.4) is 0 Å². The van der Waals surface area contributed by atoms with Crippen molar-refractivity contribution >= 4 is 12.4 Å². The second-order valence-electron chi connectivity index (χ2n) is 5.50. The van der Waals surface area contributed by atoms with Gasteiger partial charge >= 0.3 is 5.97 Å². The van der Waals surface area contributed by atoms with E-state index in [-0.39, 0.29) is 0 Å². The fourth-order valence-corrected chi connectivity index (χ4v) is 4.33. The van der Waals surface area contributed by atoms with E-state index < -0.39 is 17.0 Å². The molecule has 0 heterocycles. The SMILES string of the molecule is O=COC12CC3CC(C(=O)O)(CC3C1)C2. The zero-order valence-electron chi connectivity index (χ0n) is 8.44. The first-order valence-electron chi connectivity index (χ1n) is 5.44. The molecule has 0 saturated heterocycles. The van der Waals surface area contributed by atoms with Gasteiger partial charge in [-0.3, -0.25) is 9.59 Å². The average molecular weight is 210 g/mol. The van der Waals surface area contributed by atoms with Crippen LogP contribution in [-0.4, -0.2) is 23.1 Å². The van der Waals surface area contributed by atoms with Crippen molar-refractivity contribution in [1.29, 1.82) is 0 Å². The Morgan fingerprint density at radius 1 is 1.27 bits per heavy atom. The average Bonchev–Trinajstić information content (AvgIpc) is 2.52. The molecular weight excluding hydrogens is 196 g/mol. The fraction of sp³-hybridized carbons (Fsp3) is 0.818. The molecule has 0 amide bonds. The smallest absolute Gasteiger partial charge is 0.309 e. The van der Waals surface area contributed by atoms with Gasteiger partial charge < -0.3 is 9.84 Å². The van der Waals surface area contributed by atoms with Gasteiger partial charge in [0.15, 0.2) is 0 Å². The zero-order valence-corrected chi connectivity index (χ0v) is 8.44. The summed E-state index contributed by atoms with van der Waals surface area (Å²) >= 11 is 0. The van der Waals surface area contributed by atoms with Gasteiger partial charge in [-0.25, -0.2) is 0 Å². The van der Waals surface area contributed by atoms with Crippen LogP contribution in [0.15, 0.2) is 0 Å². The maximum absolute atomic E-state index is 11.3. The second kappa shape index (κ2) is 2.54. The highest BCUT2D eigenvalue weighted by atomic mass is 16.5. The third-order valence-electron chi connectivity index (χ3n) is 4.65. The number of carboxylic acids is 1. The van der Waals surface area contributed by atoms with Crippen molar-refractivity contribution < 1.29 is 19.4 Å². The maximum Gasteiger partial charge on any atom is 0.309 e. The molecule has 4 heteroatoms. The van der Waals surface area contributed by atoms with Crippen LogP contribution in [0.2, 0.25) is 0 Å². The number of carbonyl (C=O) groups is 2. The number of rotatable bonds is 3. The Hall–Kier alpha value is -1.06. The summed E-state index contributed by atoms with van der Waals surface area (Å²) in [5, 5.41) is 9.29. The lowest BCUT2D eigenvalue weighted by Gasteiger charge is -2.42. The number of carbonyl (C=O) groups excluding carboxylic acids is 1. The number of ether oxygens (including phenoxy) is 1. The lowest BCUT2D eigenvalue weighted by atomic mass is 9.67. The predicted molar refractivity (Wildman–Crippen MR) is 50.0 cm³/mol. The number of carboxylic acid groups (broad SMARTS) is 1. The van der Waals surface area contributed by atoms with E-state index in [0.717, 1.165) is 25.7 Å². The molecule has 0 aromatic carbocycles. The highest BCUT2D eigenvalue weighted by molar-refractivity contribution is 5.76. The maximum atomic E-state index is 11.3. The van der Waals surface area contributed by atoms with Gasteiger partial charge in [0.05, 0.1) is 5.41 Å². The van der Waals surface area contributed by atoms with Gasteiger partial charge in [0.1, 0.15) is 5.60 Å². The Kier molecular flexibility index (Phi) is 1.56. The first-order valence-corrected chi connectivity index (χ1v) is 5.44. The van der Waals surface area contributed by atoms with Crippen LogP contribution in [0.5, 0.6) is 0 Å². The first-order chi connectivity index (χ1) is 7.09. The van der Waals surface area contributed by atoms with E-state index in [4.69, 9.17) is 4.74 Å². The van der Waals surface area contributed by atoms with Gasteiger partial charge in [-0.15, -0.1) is 0 Å². The number of hydrogen-bond donors (Lipinski definition) is 1. The lowest BCUT2D eigenvalue weighted by Crippen LogP contribution is -2.46. The number of hydrogen-bond acceptors (Lipinski definition) is 3. The molecule has 4 bridgehead atoms. The summed E-state index contributed by atoms with van der Waals surface area (Å²) in [4.78, 5) is 21.8. The fourth-order valence-electron chi connectivity index (χ4n) is 4.33. The highest BCUT2D eigenvalue weighted by Crippen LogP contribution is 2.66. The van der Waals surface area contributed by atoms with Gasteiger partial charge in [-0.2, -0.15) is 0 Å². The van der Waals surface area contributed by atoms with Crippen LogP contribution >= 0.6 is 0 Å². The summed E-state index contributed by atoms with van der Waals surface area (Å²) in [6.45, 7) is 0.489. The summed E-state index contributed by atoms with van der Waals surface area (Å²) in [6.07, 6.45) is 3.87. The summed E-state index contributed by atoms with van der Waals surface area (Å²) < 4.78 is 5.19. The molecule has 2 atom stereocenters. The van der Waals surface area contributed by atoms with Crippen molar-refractivity contribution in [3.63, 3.8) is 0 Å². The molecule has 4 nitrogen and oxygen atoms in total. The summed E-state index contributed by atoms with van der Waals surface area (Å²) in [6, 6.07) is 0. The monoisotopic (exact) mass is 210 g/mol. The Bertz CT molecular complexity index is 321. The molecule has 4 fully saturated rings. The molecule has 4 aliphatic carbocycles. The minimum absolute atomic E-state index is 0.439. The van der Waals surface area contributed by atoms with Crippen molar-refractivity contribution in [2.45, 2.75) is 37.7 Å². The molecule has 82 valence electrons. The van der Waals surface area contributed by atoms with Crippen molar-refractivity contribution in [1.82, 2.24) is 0 Å². The van der Waals surface area contributed by atoms with Crippen molar-refractivity contribution in [3.8, 4) is 0 Å². The van der Waals surface area contributed by atoms with Crippen LogP contribution in [-0.2, 0) is 14.3 Å². The molecule has 1 N–H and O–H groups in total. The van der Waals surface area contributed by atoms with E-state index in [1.54, 1.807) is 0 Å². The van der Waals surface area contributed by atoms with E-state index in [0.29, 0.717) is 24.7 Å². The molecule has 4 rings (SSSR count). The molecule has 4 saturated carbocycles. The highest BCUT2D eigenvalue weighted by Gasteiger charge is 2.66. The molecule has 0 aromatic heterocycles. The lowest BCUT2D eigenvalue weighted by molar-refractivity contribution is -0.168. The van der Waals surface area contributed by atoms with Gasteiger partial charge in [0.25, 0.3) is 6.47 Å². The van der Waals surface area contributed by atoms with Gasteiger partial charge in [-0.05, 0) is 37.5 Å². The molecule has 0 aliphatic heterocycles. The van der Waals surface area contributed by atoms with Crippen molar-refractivity contribution in [2.24, 2.45) is 17.3 Å². The minimum Gasteiger partial charge on any atom is -0.481 e. The Morgan fingerprint density at radius 3 is 2.33 bits per heavy atom. The Balaban J connectivity index is 1.95. The quantitative estimate of drug-likeness (QED) is 0.711. The standard InChI is InChI=1S/C11H14O4/c12-6-15-11-3-7-1-10(5-11,9(13)14)2-8(7)4-11/h6-8H,1-5H2,(H,13,14). The van der Waals surface area contributed by atoms with Crippen LogP contribution in [0, 0.1) is 17.3 Å². The van der Waals surface area contributed by atoms with E-state index in [1.807, 2.05) is 0 Å².